The highest BCUT2D eigenvalue weighted by atomic mass is 31.2. The van der Waals surface area contributed by atoms with E-state index in [4.69, 9.17) is 28.8 Å². The first-order valence-corrected chi connectivity index (χ1v) is 17.0. The second kappa shape index (κ2) is 13.6. The van der Waals surface area contributed by atoms with Gasteiger partial charge in [0.25, 0.3) is 0 Å². The van der Waals surface area contributed by atoms with Gasteiger partial charge in [0.15, 0.2) is 5.82 Å². The van der Waals surface area contributed by atoms with E-state index in [2.05, 4.69) is 16.2 Å². The number of nitriles is 1. The molecule has 50 heavy (non-hydrogen) atoms. The van der Waals surface area contributed by atoms with Crippen molar-refractivity contribution in [2.24, 2.45) is 22.7 Å². The third-order valence-corrected chi connectivity index (χ3v) is 10.4. The lowest BCUT2D eigenvalue weighted by Crippen LogP contribution is -2.51. The van der Waals surface area contributed by atoms with Crippen molar-refractivity contribution in [3.63, 3.8) is 0 Å². The van der Waals surface area contributed by atoms with E-state index >= 15 is 0 Å². The number of hydrogen-bond donors (Lipinski definition) is 3. The number of rotatable bonds is 13. The van der Waals surface area contributed by atoms with Gasteiger partial charge in [0.1, 0.15) is 23.7 Å². The van der Waals surface area contributed by atoms with Crippen LogP contribution in [0.4, 0.5) is 5.82 Å². The zero-order chi connectivity index (χ0) is 37.4. The zero-order valence-electron chi connectivity index (χ0n) is 29.1. The Hall–Kier alpha value is -4.55. The highest BCUT2D eigenvalue weighted by molar-refractivity contribution is 7.48. The fourth-order valence-corrected chi connectivity index (χ4v) is 7.36. The lowest BCUT2D eigenvalue weighted by atomic mass is 9.57. The molecule has 0 spiro atoms. The normalized spacial score (nSPS) is 22.4. The Morgan fingerprint density at radius 1 is 1.02 bits per heavy atom. The number of aromatic nitrogens is 3. The van der Waals surface area contributed by atoms with Crippen LogP contribution in [0.15, 0.2) is 42.7 Å². The summed E-state index contributed by atoms with van der Waals surface area (Å²) in [6.45, 7) is 11.1. The van der Waals surface area contributed by atoms with Gasteiger partial charge in [-0.25, -0.2) is 18.6 Å². The van der Waals surface area contributed by atoms with Crippen molar-refractivity contribution >= 4 is 37.1 Å². The smallest absolute Gasteiger partial charge is 0.481 e. The van der Waals surface area contributed by atoms with Crippen molar-refractivity contribution in [2.75, 3.05) is 19.1 Å². The second-order valence-electron chi connectivity index (χ2n) is 14.2. The first-order valence-electron chi connectivity index (χ1n) is 15.6. The molecule has 0 bridgehead atoms. The molecule has 0 radical (unpaired) electrons. The number of carboxylic acid groups (broad SMARTS) is 2. The standard InChI is InChI=1S/C33H42N5O11P/c1-19(39)45-18-47-50(44,49-21-11-9-20(10-12-21)30(2,3)4)46-15-23-25(31(5,6)28(40)41)26(32(7,8)29(42)43)33(16-34,48-23)24-14-13-22-27(35)36-17-37-38(22)24/h9-14,17,23,25-26H,15,18H2,1-8H3,(H,40,41)(H,42,43)(H2,35,36,37)/t23-,25+,26+,33-,50?/m0/s1. The summed E-state index contributed by atoms with van der Waals surface area (Å²) in [5.74, 6) is -5.95. The summed E-state index contributed by atoms with van der Waals surface area (Å²) in [6, 6.07) is 11.7. The van der Waals surface area contributed by atoms with Gasteiger partial charge in [-0.2, -0.15) is 10.4 Å². The molecule has 1 aliphatic rings. The van der Waals surface area contributed by atoms with Crippen molar-refractivity contribution < 1.29 is 52.2 Å². The molecule has 1 saturated heterocycles. The van der Waals surface area contributed by atoms with Gasteiger partial charge in [-0.05, 0) is 62.9 Å². The Labute approximate surface area is 289 Å². The average Bonchev–Trinajstić information content (AvgIpc) is 3.61. The summed E-state index contributed by atoms with van der Waals surface area (Å²) in [5, 5.41) is 36.1. The van der Waals surface area contributed by atoms with Crippen molar-refractivity contribution in [1.82, 2.24) is 14.6 Å². The fraction of sp³-hybridized carbons (Fsp3) is 0.515. The number of anilines is 1. The number of carbonyl (C=O) groups excluding carboxylic acids is 1. The quantitative estimate of drug-likeness (QED) is 0.121. The Kier molecular flexibility index (Phi) is 10.4. The third-order valence-electron chi connectivity index (χ3n) is 9.08. The summed E-state index contributed by atoms with van der Waals surface area (Å²) in [7, 11) is -4.69. The molecule has 1 aromatic carbocycles. The monoisotopic (exact) mass is 715 g/mol. The molecule has 4 N–H and O–H groups in total. The van der Waals surface area contributed by atoms with Gasteiger partial charge in [-0.3, -0.25) is 18.9 Å². The molecule has 3 heterocycles. The molecule has 4 rings (SSSR count). The lowest BCUT2D eigenvalue weighted by molar-refractivity contribution is -0.161. The van der Waals surface area contributed by atoms with Crippen LogP contribution in [0.5, 0.6) is 5.75 Å². The second-order valence-corrected chi connectivity index (χ2v) is 15.8. The zero-order valence-corrected chi connectivity index (χ0v) is 30.0. The number of nitrogens with zero attached hydrogens (tertiary/aromatic N) is 4. The van der Waals surface area contributed by atoms with Gasteiger partial charge in [0, 0.05) is 18.8 Å². The molecular formula is C33H42N5O11P. The van der Waals surface area contributed by atoms with E-state index in [9.17, 15) is 34.4 Å². The minimum absolute atomic E-state index is 0.0570. The minimum atomic E-state index is -4.69. The lowest BCUT2D eigenvalue weighted by Gasteiger charge is -2.42. The van der Waals surface area contributed by atoms with E-state index in [0.29, 0.717) is 0 Å². The number of phosphoric acid groups is 1. The average molecular weight is 716 g/mol. The van der Waals surface area contributed by atoms with Crippen LogP contribution < -0.4 is 10.3 Å². The predicted molar refractivity (Wildman–Crippen MR) is 176 cm³/mol. The summed E-state index contributed by atoms with van der Waals surface area (Å²) in [6.07, 6.45) is -0.267. The topological polar surface area (TPSA) is 235 Å². The molecule has 1 unspecified atom stereocenters. The van der Waals surface area contributed by atoms with E-state index in [0.717, 1.165) is 18.8 Å². The van der Waals surface area contributed by atoms with Crippen molar-refractivity contribution in [3.8, 4) is 11.8 Å². The Balaban J connectivity index is 1.84. The fourth-order valence-electron chi connectivity index (χ4n) is 6.29. The SMILES string of the molecule is CC(=O)OCOP(=O)(OC[C@@H]1O[C@@](C#N)(c2ccc3c(N)ncnn23)[C@@H](C(C)(C)C(=O)O)[C@@H]1C(C)(C)C(=O)O)Oc1ccc(C(C)(C)C)cc1. The number of carboxylic acids is 2. The number of nitrogen functional groups attached to an aromatic ring is 1. The number of hydrogen-bond acceptors (Lipinski definition) is 13. The third kappa shape index (κ3) is 7.18. The molecule has 1 aliphatic heterocycles. The maximum atomic E-state index is 14.1. The molecule has 0 amide bonds. The summed E-state index contributed by atoms with van der Waals surface area (Å²) in [5.41, 5.74) is 1.39. The number of nitrogens with two attached hydrogens (primary N) is 1. The highest BCUT2D eigenvalue weighted by Crippen LogP contribution is 2.61. The van der Waals surface area contributed by atoms with Crippen LogP contribution in [-0.4, -0.2) is 62.2 Å². The molecule has 2 aromatic heterocycles. The van der Waals surface area contributed by atoms with Crippen LogP contribution in [0, 0.1) is 34.0 Å². The van der Waals surface area contributed by atoms with Crippen molar-refractivity contribution in [2.45, 2.75) is 72.5 Å². The number of phosphoric ester groups is 1. The van der Waals surface area contributed by atoms with E-state index in [1.54, 1.807) is 24.3 Å². The minimum Gasteiger partial charge on any atom is -0.481 e. The van der Waals surface area contributed by atoms with Crippen LogP contribution in [0.3, 0.4) is 0 Å². The Bertz CT molecular complexity index is 1860. The molecule has 3 aromatic rings. The molecular weight excluding hydrogens is 673 g/mol. The first kappa shape index (κ1) is 38.3. The van der Waals surface area contributed by atoms with Crippen molar-refractivity contribution in [1.29, 1.82) is 5.26 Å². The van der Waals surface area contributed by atoms with Crippen LogP contribution in [-0.2, 0) is 48.5 Å². The Morgan fingerprint density at radius 2 is 1.64 bits per heavy atom. The first-order chi connectivity index (χ1) is 23.1. The maximum Gasteiger partial charge on any atom is 0.533 e. The van der Waals surface area contributed by atoms with E-state index in [-0.39, 0.29) is 28.2 Å². The van der Waals surface area contributed by atoms with Crippen LogP contribution >= 0.6 is 7.82 Å². The van der Waals surface area contributed by atoms with Crippen molar-refractivity contribution in [3.05, 3.63) is 54.0 Å². The number of carbonyl (C=O) groups is 3. The highest BCUT2D eigenvalue weighted by Gasteiger charge is 2.68. The Morgan fingerprint density at radius 3 is 2.18 bits per heavy atom. The number of aliphatic carboxylic acids is 2. The molecule has 270 valence electrons. The van der Waals surface area contributed by atoms with E-state index in [1.807, 2.05) is 20.8 Å². The molecule has 0 saturated carbocycles. The van der Waals surface area contributed by atoms with E-state index < -0.39 is 73.5 Å². The molecule has 5 atom stereocenters. The van der Waals surface area contributed by atoms with Crippen LogP contribution in [0.2, 0.25) is 0 Å². The number of ether oxygens (including phenoxy) is 2. The van der Waals surface area contributed by atoms with Gasteiger partial charge in [0.05, 0.1) is 29.2 Å². The number of esters is 1. The number of benzene rings is 1. The summed E-state index contributed by atoms with van der Waals surface area (Å²) >= 11 is 0. The largest absolute Gasteiger partial charge is 0.533 e. The van der Waals surface area contributed by atoms with Gasteiger partial charge in [-0.1, -0.05) is 32.9 Å². The van der Waals surface area contributed by atoms with Gasteiger partial charge in [-0.15, -0.1) is 0 Å². The summed E-state index contributed by atoms with van der Waals surface area (Å²) < 4.78 is 43.5. The predicted octanol–water partition coefficient (Wildman–Crippen LogP) is 4.92. The van der Waals surface area contributed by atoms with Gasteiger partial charge < -0.3 is 29.9 Å². The summed E-state index contributed by atoms with van der Waals surface area (Å²) in [4.78, 5) is 41.2. The number of fused-ring (bicyclic) bond motifs is 1. The van der Waals surface area contributed by atoms with Gasteiger partial charge in [0.2, 0.25) is 12.4 Å². The maximum absolute atomic E-state index is 14.1. The van der Waals surface area contributed by atoms with Crippen LogP contribution in [0.1, 0.15) is 66.6 Å². The molecule has 0 aliphatic carbocycles. The molecule has 17 heteroatoms. The molecule has 1 fully saturated rings. The molecule has 16 nitrogen and oxygen atoms in total. The van der Waals surface area contributed by atoms with Crippen LogP contribution in [0.25, 0.3) is 5.52 Å². The van der Waals surface area contributed by atoms with Gasteiger partial charge >= 0.3 is 25.7 Å². The van der Waals surface area contributed by atoms with E-state index in [1.165, 1.54) is 44.3 Å².